The molecule has 0 aliphatic carbocycles. The monoisotopic (exact) mass is 270 g/mol. The molecule has 2 aromatic rings. The van der Waals surface area contributed by atoms with Crippen molar-refractivity contribution in [1.29, 1.82) is 0 Å². The molecule has 1 heterocycles. The smallest absolute Gasteiger partial charge is 0.377 e. The molecule has 1 N–H and O–H groups in total. The van der Waals surface area contributed by atoms with Crippen LogP contribution in [0.2, 0.25) is 0 Å². The van der Waals surface area contributed by atoms with Gasteiger partial charge in [-0.05, 0) is 28.1 Å². The molecular formula is C10H7BrO4. The molecule has 0 radical (unpaired) electrons. The summed E-state index contributed by atoms with van der Waals surface area (Å²) in [7, 11) is 1.23. The number of hydrogen-bond acceptors (Lipinski definition) is 4. The van der Waals surface area contributed by atoms with E-state index in [4.69, 9.17) is 4.42 Å². The lowest BCUT2D eigenvalue weighted by atomic mass is 10.2. The molecule has 0 atom stereocenters. The van der Waals surface area contributed by atoms with Crippen molar-refractivity contribution in [2.45, 2.75) is 0 Å². The van der Waals surface area contributed by atoms with Crippen LogP contribution >= 0.6 is 15.9 Å². The zero-order valence-electron chi connectivity index (χ0n) is 7.78. The molecule has 5 heteroatoms. The Balaban J connectivity index is 2.75. The standard InChI is InChI=1S/C10H7BrO4/c1-14-10(13)9-7(12)5-3-2-4-6(11)8(5)15-9/h2-4,12H,1H3. The predicted molar refractivity (Wildman–Crippen MR) is 56.9 cm³/mol. The minimum atomic E-state index is -0.699. The van der Waals surface area contributed by atoms with E-state index in [0.29, 0.717) is 15.4 Å². The number of carbonyl (C=O) groups is 1. The van der Waals surface area contributed by atoms with E-state index >= 15 is 0 Å². The first-order valence-corrected chi connectivity index (χ1v) is 4.92. The Morgan fingerprint density at radius 1 is 1.53 bits per heavy atom. The molecule has 0 saturated heterocycles. The molecule has 1 aromatic carbocycles. The highest BCUT2D eigenvalue weighted by Gasteiger charge is 2.21. The lowest BCUT2D eigenvalue weighted by Gasteiger charge is -1.93. The molecule has 2 rings (SSSR count). The Morgan fingerprint density at radius 2 is 2.27 bits per heavy atom. The second kappa shape index (κ2) is 3.58. The third-order valence-electron chi connectivity index (χ3n) is 2.01. The molecule has 0 spiro atoms. The number of hydrogen-bond donors (Lipinski definition) is 1. The summed E-state index contributed by atoms with van der Waals surface area (Å²) < 4.78 is 10.4. The molecular weight excluding hydrogens is 264 g/mol. The van der Waals surface area contributed by atoms with E-state index in [1.54, 1.807) is 18.2 Å². The lowest BCUT2D eigenvalue weighted by molar-refractivity contribution is 0.0563. The number of halogens is 1. The molecule has 0 amide bonds. The predicted octanol–water partition coefficient (Wildman–Crippen LogP) is 2.69. The number of furan rings is 1. The van der Waals surface area contributed by atoms with Crippen molar-refractivity contribution in [3.05, 3.63) is 28.4 Å². The average Bonchev–Trinajstić information content (AvgIpc) is 2.57. The summed E-state index contributed by atoms with van der Waals surface area (Å²) in [6.45, 7) is 0. The van der Waals surface area contributed by atoms with Crippen molar-refractivity contribution in [2.24, 2.45) is 0 Å². The second-order valence-corrected chi connectivity index (χ2v) is 3.74. The van der Waals surface area contributed by atoms with Crippen LogP contribution in [0, 0.1) is 0 Å². The number of fused-ring (bicyclic) bond motifs is 1. The van der Waals surface area contributed by atoms with Crippen molar-refractivity contribution in [3.8, 4) is 5.75 Å². The first-order valence-electron chi connectivity index (χ1n) is 4.13. The van der Waals surface area contributed by atoms with E-state index in [1.807, 2.05) is 0 Å². The molecule has 15 heavy (non-hydrogen) atoms. The van der Waals surface area contributed by atoms with Crippen LogP contribution in [0.15, 0.2) is 27.1 Å². The molecule has 0 aliphatic rings. The van der Waals surface area contributed by atoms with Crippen molar-refractivity contribution in [3.63, 3.8) is 0 Å². The van der Waals surface area contributed by atoms with Gasteiger partial charge < -0.3 is 14.3 Å². The van der Waals surface area contributed by atoms with Crippen molar-refractivity contribution >= 4 is 32.9 Å². The number of esters is 1. The first-order chi connectivity index (χ1) is 7.15. The Labute approximate surface area is 93.6 Å². The van der Waals surface area contributed by atoms with Gasteiger partial charge >= 0.3 is 5.97 Å². The normalized spacial score (nSPS) is 10.5. The van der Waals surface area contributed by atoms with Gasteiger partial charge in [0.25, 0.3) is 5.76 Å². The average molecular weight is 271 g/mol. The van der Waals surface area contributed by atoms with Crippen LogP contribution in [0.1, 0.15) is 10.6 Å². The van der Waals surface area contributed by atoms with Crippen LogP contribution in [0.4, 0.5) is 0 Å². The molecule has 0 saturated carbocycles. The number of benzene rings is 1. The summed E-state index contributed by atoms with van der Waals surface area (Å²) in [6.07, 6.45) is 0. The van der Waals surface area contributed by atoms with E-state index in [9.17, 15) is 9.90 Å². The minimum absolute atomic E-state index is 0.181. The Bertz CT molecular complexity index is 529. The highest BCUT2D eigenvalue weighted by Crippen LogP contribution is 2.36. The van der Waals surface area contributed by atoms with Gasteiger partial charge in [0.2, 0.25) is 0 Å². The van der Waals surface area contributed by atoms with E-state index in [0.717, 1.165) is 0 Å². The fourth-order valence-corrected chi connectivity index (χ4v) is 1.75. The highest BCUT2D eigenvalue weighted by atomic mass is 79.9. The fourth-order valence-electron chi connectivity index (χ4n) is 1.30. The van der Waals surface area contributed by atoms with Crippen LogP contribution in [-0.4, -0.2) is 18.2 Å². The van der Waals surface area contributed by atoms with Gasteiger partial charge in [-0.15, -0.1) is 0 Å². The maximum absolute atomic E-state index is 11.2. The Hall–Kier alpha value is -1.49. The van der Waals surface area contributed by atoms with E-state index in [-0.39, 0.29) is 11.5 Å². The van der Waals surface area contributed by atoms with Crippen molar-refractivity contribution < 1.29 is 19.1 Å². The number of rotatable bonds is 1. The number of aromatic hydroxyl groups is 1. The van der Waals surface area contributed by atoms with Crippen LogP contribution in [0.5, 0.6) is 5.75 Å². The largest absolute Gasteiger partial charge is 0.504 e. The second-order valence-electron chi connectivity index (χ2n) is 2.89. The van der Waals surface area contributed by atoms with E-state index < -0.39 is 5.97 Å². The zero-order valence-corrected chi connectivity index (χ0v) is 9.37. The number of methoxy groups -OCH3 is 1. The summed E-state index contributed by atoms with van der Waals surface area (Å²) in [5.74, 6) is -1.08. The fraction of sp³-hybridized carbons (Fsp3) is 0.100. The van der Waals surface area contributed by atoms with Crippen molar-refractivity contribution in [1.82, 2.24) is 0 Å². The summed E-state index contributed by atoms with van der Waals surface area (Å²) in [6, 6.07) is 5.15. The molecule has 4 nitrogen and oxygen atoms in total. The lowest BCUT2D eigenvalue weighted by Crippen LogP contribution is -1.98. The summed E-state index contributed by atoms with van der Waals surface area (Å²) in [5.41, 5.74) is 0.426. The molecule has 0 bridgehead atoms. The quantitative estimate of drug-likeness (QED) is 0.810. The van der Waals surface area contributed by atoms with Gasteiger partial charge in [0, 0.05) is 0 Å². The SMILES string of the molecule is COC(=O)c1oc2c(Br)cccc2c1O. The zero-order chi connectivity index (χ0) is 11.0. The maximum Gasteiger partial charge on any atom is 0.377 e. The summed E-state index contributed by atoms with van der Waals surface area (Å²) in [4.78, 5) is 11.2. The number of ether oxygens (including phenoxy) is 1. The van der Waals surface area contributed by atoms with Gasteiger partial charge in [-0.1, -0.05) is 6.07 Å². The third kappa shape index (κ3) is 1.48. The Kier molecular flexibility index (Phi) is 2.40. The van der Waals surface area contributed by atoms with Crippen LogP contribution in [-0.2, 0) is 4.74 Å². The van der Waals surface area contributed by atoms with E-state index in [2.05, 4.69) is 20.7 Å². The van der Waals surface area contributed by atoms with Gasteiger partial charge in [-0.25, -0.2) is 4.79 Å². The number of carbonyl (C=O) groups excluding carboxylic acids is 1. The highest BCUT2D eigenvalue weighted by molar-refractivity contribution is 9.10. The van der Waals surface area contributed by atoms with E-state index in [1.165, 1.54) is 7.11 Å². The molecule has 0 fully saturated rings. The van der Waals surface area contributed by atoms with Gasteiger partial charge in [-0.3, -0.25) is 0 Å². The summed E-state index contributed by atoms with van der Waals surface area (Å²) >= 11 is 3.26. The van der Waals surface area contributed by atoms with Crippen LogP contribution < -0.4 is 0 Å². The van der Waals surface area contributed by atoms with Gasteiger partial charge in [0.05, 0.1) is 17.0 Å². The minimum Gasteiger partial charge on any atom is -0.504 e. The third-order valence-corrected chi connectivity index (χ3v) is 2.64. The van der Waals surface area contributed by atoms with Gasteiger partial charge in [0.1, 0.15) is 0 Å². The first kappa shape index (κ1) is 10.0. The van der Waals surface area contributed by atoms with Crippen molar-refractivity contribution in [2.75, 3.05) is 7.11 Å². The molecule has 1 aromatic heterocycles. The number of para-hydroxylation sites is 1. The van der Waals surface area contributed by atoms with Crippen LogP contribution in [0.3, 0.4) is 0 Å². The van der Waals surface area contributed by atoms with Gasteiger partial charge in [0.15, 0.2) is 11.3 Å². The van der Waals surface area contributed by atoms with Gasteiger partial charge in [-0.2, -0.15) is 0 Å². The molecule has 0 unspecified atom stereocenters. The summed E-state index contributed by atoms with van der Waals surface area (Å²) in [5, 5.41) is 10.2. The van der Waals surface area contributed by atoms with Crippen LogP contribution in [0.25, 0.3) is 11.0 Å². The molecule has 78 valence electrons. The molecule has 0 aliphatic heterocycles. The topological polar surface area (TPSA) is 59.7 Å². The maximum atomic E-state index is 11.2. The Morgan fingerprint density at radius 3 is 2.87 bits per heavy atom.